The number of methoxy groups -OCH3 is 3. The summed E-state index contributed by atoms with van der Waals surface area (Å²) in [7, 11) is 4.72. The van der Waals surface area contributed by atoms with Gasteiger partial charge in [-0.05, 0) is 48.6 Å². The smallest absolute Gasteiger partial charge is 0.252 e. The van der Waals surface area contributed by atoms with Gasteiger partial charge in [-0.2, -0.15) is 0 Å². The van der Waals surface area contributed by atoms with Crippen molar-refractivity contribution in [2.75, 3.05) is 21.3 Å². The average molecular weight is 392 g/mol. The molecule has 0 radical (unpaired) electrons. The number of benzene rings is 2. The summed E-state index contributed by atoms with van der Waals surface area (Å²) in [6.45, 7) is 0.348. The van der Waals surface area contributed by atoms with Gasteiger partial charge in [0.25, 0.3) is 5.91 Å². The van der Waals surface area contributed by atoms with Crippen LogP contribution in [0.5, 0.6) is 17.2 Å². The third-order valence-electron chi connectivity index (χ3n) is 5.32. The zero-order valence-electron chi connectivity index (χ0n) is 16.9. The standard InChI is InChI=1S/C23H24N2O4/c1-27-19-11-14(12-20(28-2)22(19)29-3)13-24-23(26)21-15-7-4-5-9-17(15)25-18-10-6-8-16(18)21/h4-5,7,9,11-12H,6,8,10,13H2,1-3H3,(H,24,26). The van der Waals surface area contributed by atoms with Crippen molar-refractivity contribution < 1.29 is 19.0 Å². The minimum Gasteiger partial charge on any atom is -0.493 e. The molecule has 1 N–H and O–H groups in total. The molecule has 29 heavy (non-hydrogen) atoms. The van der Waals surface area contributed by atoms with Crippen LogP contribution in [0.25, 0.3) is 10.9 Å². The minimum absolute atomic E-state index is 0.0875. The first-order valence-corrected chi connectivity index (χ1v) is 9.63. The molecule has 0 spiro atoms. The molecule has 0 aliphatic heterocycles. The molecular weight excluding hydrogens is 368 g/mol. The Morgan fingerprint density at radius 3 is 2.45 bits per heavy atom. The monoisotopic (exact) mass is 392 g/mol. The van der Waals surface area contributed by atoms with Crippen LogP contribution < -0.4 is 19.5 Å². The van der Waals surface area contributed by atoms with Gasteiger partial charge in [-0.15, -0.1) is 0 Å². The predicted molar refractivity (Wildman–Crippen MR) is 111 cm³/mol. The number of ether oxygens (including phenoxy) is 3. The maximum atomic E-state index is 13.2. The van der Waals surface area contributed by atoms with Gasteiger partial charge in [0, 0.05) is 17.6 Å². The topological polar surface area (TPSA) is 69.7 Å². The molecule has 0 saturated carbocycles. The molecule has 6 nitrogen and oxygen atoms in total. The number of hydrogen-bond donors (Lipinski definition) is 1. The Bertz CT molecular complexity index is 1050. The van der Waals surface area contributed by atoms with E-state index in [-0.39, 0.29) is 5.91 Å². The number of aryl methyl sites for hydroxylation is 1. The summed E-state index contributed by atoms with van der Waals surface area (Å²) < 4.78 is 16.2. The normalized spacial score (nSPS) is 12.5. The highest BCUT2D eigenvalue weighted by Crippen LogP contribution is 2.38. The molecular formula is C23H24N2O4. The lowest BCUT2D eigenvalue weighted by Crippen LogP contribution is -2.24. The summed E-state index contributed by atoms with van der Waals surface area (Å²) >= 11 is 0. The van der Waals surface area contributed by atoms with E-state index >= 15 is 0 Å². The van der Waals surface area contributed by atoms with Crippen molar-refractivity contribution in [3.05, 3.63) is 58.8 Å². The lowest BCUT2D eigenvalue weighted by Gasteiger charge is -2.15. The van der Waals surface area contributed by atoms with Crippen molar-refractivity contribution in [1.29, 1.82) is 0 Å². The fraction of sp³-hybridized carbons (Fsp3) is 0.304. The highest BCUT2D eigenvalue weighted by Gasteiger charge is 2.23. The van der Waals surface area contributed by atoms with Gasteiger partial charge >= 0.3 is 0 Å². The minimum atomic E-state index is -0.0875. The first-order chi connectivity index (χ1) is 14.2. The van der Waals surface area contributed by atoms with Crippen LogP contribution in [0.1, 0.15) is 33.6 Å². The number of nitrogens with zero attached hydrogens (tertiary/aromatic N) is 1. The zero-order chi connectivity index (χ0) is 20.4. The van der Waals surface area contributed by atoms with Crippen LogP contribution in [0.4, 0.5) is 0 Å². The van der Waals surface area contributed by atoms with E-state index in [1.165, 1.54) is 0 Å². The Hall–Kier alpha value is -3.28. The van der Waals surface area contributed by atoms with E-state index in [2.05, 4.69) is 5.32 Å². The first-order valence-electron chi connectivity index (χ1n) is 9.63. The molecule has 1 aliphatic carbocycles. The van der Waals surface area contributed by atoms with Crippen LogP contribution >= 0.6 is 0 Å². The van der Waals surface area contributed by atoms with Gasteiger partial charge in [0.2, 0.25) is 5.75 Å². The lowest BCUT2D eigenvalue weighted by atomic mass is 10.0. The number of rotatable bonds is 6. The molecule has 150 valence electrons. The van der Waals surface area contributed by atoms with Gasteiger partial charge in [0.1, 0.15) is 0 Å². The summed E-state index contributed by atoms with van der Waals surface area (Å²) in [5, 5.41) is 3.96. The maximum Gasteiger partial charge on any atom is 0.252 e. The van der Waals surface area contributed by atoms with Gasteiger partial charge in [-0.1, -0.05) is 18.2 Å². The highest BCUT2D eigenvalue weighted by atomic mass is 16.5. The summed E-state index contributed by atoms with van der Waals surface area (Å²) in [6, 6.07) is 11.5. The quantitative estimate of drug-likeness (QED) is 0.693. The number of nitrogens with one attached hydrogen (secondary N) is 1. The third-order valence-corrected chi connectivity index (χ3v) is 5.32. The number of amides is 1. The van der Waals surface area contributed by atoms with E-state index < -0.39 is 0 Å². The van der Waals surface area contributed by atoms with Gasteiger partial charge in [-0.25, -0.2) is 0 Å². The zero-order valence-corrected chi connectivity index (χ0v) is 16.9. The van der Waals surface area contributed by atoms with Crippen LogP contribution in [0.2, 0.25) is 0 Å². The molecule has 1 aliphatic rings. The van der Waals surface area contributed by atoms with E-state index in [0.717, 1.165) is 52.5 Å². The van der Waals surface area contributed by atoms with Gasteiger partial charge < -0.3 is 19.5 Å². The Balaban J connectivity index is 1.65. The van der Waals surface area contributed by atoms with Gasteiger partial charge in [0.05, 0.1) is 32.4 Å². The van der Waals surface area contributed by atoms with Crippen LogP contribution in [0.15, 0.2) is 36.4 Å². The summed E-state index contributed by atoms with van der Waals surface area (Å²) in [5.74, 6) is 1.57. The second-order valence-corrected chi connectivity index (χ2v) is 7.00. The Morgan fingerprint density at radius 1 is 1.03 bits per heavy atom. The molecule has 4 rings (SSSR count). The second kappa shape index (κ2) is 7.99. The van der Waals surface area contributed by atoms with Gasteiger partial charge in [-0.3, -0.25) is 9.78 Å². The Morgan fingerprint density at radius 2 is 1.76 bits per heavy atom. The SMILES string of the molecule is COc1cc(CNC(=O)c2c3c(nc4ccccc24)CCC3)cc(OC)c1OC. The van der Waals surface area contributed by atoms with Gasteiger partial charge in [0.15, 0.2) is 11.5 Å². The van der Waals surface area contributed by atoms with E-state index in [1.807, 2.05) is 36.4 Å². The molecule has 0 bridgehead atoms. The highest BCUT2D eigenvalue weighted by molar-refractivity contribution is 6.07. The molecule has 0 fully saturated rings. The number of pyridine rings is 1. The number of para-hydroxylation sites is 1. The van der Waals surface area contributed by atoms with Crippen molar-refractivity contribution in [1.82, 2.24) is 10.3 Å². The molecule has 2 aromatic carbocycles. The molecule has 0 unspecified atom stereocenters. The molecule has 3 aromatic rings. The molecule has 1 amide bonds. The van der Waals surface area contributed by atoms with E-state index in [9.17, 15) is 4.79 Å². The number of carbonyl (C=O) groups is 1. The molecule has 1 aromatic heterocycles. The average Bonchev–Trinajstić information content (AvgIpc) is 3.22. The number of carbonyl (C=O) groups excluding carboxylic acids is 1. The van der Waals surface area contributed by atoms with Crippen molar-refractivity contribution in [3.8, 4) is 17.2 Å². The predicted octanol–water partition coefficient (Wildman–Crippen LogP) is 3.68. The molecule has 1 heterocycles. The Kier molecular flexibility index (Phi) is 5.25. The second-order valence-electron chi connectivity index (χ2n) is 7.00. The van der Waals surface area contributed by atoms with Crippen molar-refractivity contribution in [3.63, 3.8) is 0 Å². The van der Waals surface area contributed by atoms with E-state index in [0.29, 0.717) is 23.8 Å². The fourth-order valence-electron chi connectivity index (χ4n) is 3.98. The van der Waals surface area contributed by atoms with Crippen molar-refractivity contribution >= 4 is 16.8 Å². The van der Waals surface area contributed by atoms with Crippen molar-refractivity contribution in [2.24, 2.45) is 0 Å². The van der Waals surface area contributed by atoms with E-state index in [4.69, 9.17) is 19.2 Å². The molecule has 0 saturated heterocycles. The third kappa shape index (κ3) is 3.46. The summed E-state index contributed by atoms with van der Waals surface area (Å²) in [4.78, 5) is 18.0. The molecule has 0 atom stereocenters. The Labute approximate surface area is 169 Å². The van der Waals surface area contributed by atoms with Crippen LogP contribution in [-0.4, -0.2) is 32.2 Å². The number of aromatic nitrogens is 1. The number of fused-ring (bicyclic) bond motifs is 2. The summed E-state index contributed by atoms with van der Waals surface area (Å²) in [5.41, 5.74) is 4.59. The first kappa shape index (κ1) is 19.1. The van der Waals surface area contributed by atoms with Crippen LogP contribution in [-0.2, 0) is 19.4 Å². The molecule has 6 heteroatoms. The maximum absolute atomic E-state index is 13.2. The summed E-state index contributed by atoms with van der Waals surface area (Å²) in [6.07, 6.45) is 2.85. The largest absolute Gasteiger partial charge is 0.493 e. The van der Waals surface area contributed by atoms with Crippen molar-refractivity contribution in [2.45, 2.75) is 25.8 Å². The number of hydrogen-bond acceptors (Lipinski definition) is 5. The lowest BCUT2D eigenvalue weighted by molar-refractivity contribution is 0.0951. The van der Waals surface area contributed by atoms with E-state index in [1.54, 1.807) is 21.3 Å². The fourth-order valence-corrected chi connectivity index (χ4v) is 3.98. The van der Waals surface area contributed by atoms with Crippen LogP contribution in [0.3, 0.4) is 0 Å². The van der Waals surface area contributed by atoms with Crippen LogP contribution in [0, 0.1) is 0 Å².